The van der Waals surface area contributed by atoms with E-state index in [1.54, 1.807) is 12.1 Å². The molecule has 0 unspecified atom stereocenters. The van der Waals surface area contributed by atoms with Crippen LogP contribution in [-0.4, -0.2) is 18.9 Å². The second-order valence-electron chi connectivity index (χ2n) is 7.36. The summed E-state index contributed by atoms with van der Waals surface area (Å²) >= 11 is 12.4. The van der Waals surface area contributed by atoms with E-state index in [1.165, 1.54) is 7.11 Å². The van der Waals surface area contributed by atoms with Crippen LogP contribution in [0.2, 0.25) is 10.0 Å². The Morgan fingerprint density at radius 1 is 1.10 bits per heavy atom. The van der Waals surface area contributed by atoms with Gasteiger partial charge in [-0.15, -0.1) is 0 Å². The lowest BCUT2D eigenvalue weighted by molar-refractivity contribution is -0.151. The van der Waals surface area contributed by atoms with E-state index in [4.69, 9.17) is 27.9 Å². The predicted octanol–water partition coefficient (Wildman–Crippen LogP) is 5.22. The lowest BCUT2D eigenvalue weighted by Crippen LogP contribution is -2.39. The first-order chi connectivity index (χ1) is 13.9. The number of hydrogen-bond donors (Lipinski definition) is 2. The number of nitrogens with one attached hydrogen (secondary N) is 2. The van der Waals surface area contributed by atoms with Crippen LogP contribution >= 0.6 is 23.2 Å². The van der Waals surface area contributed by atoms with Crippen molar-refractivity contribution in [2.45, 2.75) is 19.4 Å². The fourth-order valence-electron chi connectivity index (χ4n) is 4.08. The van der Waals surface area contributed by atoms with Gasteiger partial charge >= 0.3 is 5.97 Å². The largest absolute Gasteiger partial charge is 0.468 e. The highest BCUT2D eigenvalue weighted by Crippen LogP contribution is 2.44. The molecule has 0 amide bonds. The second kappa shape index (κ2) is 7.73. The van der Waals surface area contributed by atoms with Crippen LogP contribution in [0.15, 0.2) is 53.7 Å². The molecule has 0 spiro atoms. The molecule has 4 rings (SSSR count). The number of fused-ring (bicyclic) bond motifs is 1. The van der Waals surface area contributed by atoms with Crippen LogP contribution in [0.3, 0.4) is 0 Å². The quantitative estimate of drug-likeness (QED) is 0.504. The Morgan fingerprint density at radius 3 is 2.52 bits per heavy atom. The number of methoxy groups -OCH3 is 1. The normalized spacial score (nSPS) is 23.3. The molecule has 2 aromatic carbocycles. The van der Waals surface area contributed by atoms with Gasteiger partial charge in [0.2, 0.25) is 0 Å². The van der Waals surface area contributed by atoms with Gasteiger partial charge in [0.15, 0.2) is 5.78 Å². The van der Waals surface area contributed by atoms with Gasteiger partial charge in [0.1, 0.15) is 5.92 Å². The van der Waals surface area contributed by atoms with Crippen LogP contribution in [0.5, 0.6) is 0 Å². The first-order valence-electron chi connectivity index (χ1n) is 9.33. The molecule has 1 aliphatic carbocycles. The molecule has 29 heavy (non-hydrogen) atoms. The highest BCUT2D eigenvalue weighted by atomic mass is 35.5. The van der Waals surface area contributed by atoms with Crippen molar-refractivity contribution in [2.75, 3.05) is 17.7 Å². The summed E-state index contributed by atoms with van der Waals surface area (Å²) < 4.78 is 4.92. The first-order valence-corrected chi connectivity index (χ1v) is 10.1. The van der Waals surface area contributed by atoms with Gasteiger partial charge in [-0.2, -0.15) is 0 Å². The van der Waals surface area contributed by atoms with Gasteiger partial charge in [-0.05, 0) is 42.2 Å². The van der Waals surface area contributed by atoms with E-state index in [0.29, 0.717) is 22.0 Å². The van der Waals surface area contributed by atoms with Crippen molar-refractivity contribution >= 4 is 46.3 Å². The van der Waals surface area contributed by atoms with E-state index >= 15 is 0 Å². The number of ketones is 1. The minimum Gasteiger partial charge on any atom is -0.468 e. The summed E-state index contributed by atoms with van der Waals surface area (Å²) in [6.45, 7) is 1.89. The molecule has 7 heteroatoms. The van der Waals surface area contributed by atoms with Gasteiger partial charge in [0.25, 0.3) is 0 Å². The number of Topliss-reactive ketones (excluding diaryl/α,β-unsaturated/α-hetero) is 1. The Morgan fingerprint density at radius 2 is 1.83 bits per heavy atom. The Bertz CT molecular complexity index is 1030. The van der Waals surface area contributed by atoms with Crippen molar-refractivity contribution < 1.29 is 14.3 Å². The van der Waals surface area contributed by atoms with E-state index in [-0.39, 0.29) is 11.7 Å². The second-order valence-corrected chi connectivity index (χ2v) is 8.17. The highest BCUT2D eigenvalue weighted by molar-refractivity contribution is 6.42. The van der Waals surface area contributed by atoms with Gasteiger partial charge in [0.05, 0.1) is 34.6 Å². The number of allylic oxidation sites excluding steroid dienone is 1. The first kappa shape index (κ1) is 19.8. The Labute approximate surface area is 179 Å². The van der Waals surface area contributed by atoms with E-state index in [2.05, 4.69) is 10.6 Å². The van der Waals surface area contributed by atoms with Gasteiger partial charge in [-0.3, -0.25) is 9.59 Å². The van der Waals surface area contributed by atoms with E-state index in [9.17, 15) is 9.59 Å². The van der Waals surface area contributed by atoms with E-state index in [0.717, 1.165) is 22.6 Å². The number of ether oxygens (including phenoxy) is 1. The zero-order valence-corrected chi connectivity index (χ0v) is 17.5. The lowest BCUT2D eigenvalue weighted by atomic mass is 9.75. The van der Waals surface area contributed by atoms with E-state index in [1.807, 2.05) is 37.3 Å². The average molecular weight is 431 g/mol. The molecule has 0 fully saturated rings. The van der Waals surface area contributed by atoms with Crippen molar-refractivity contribution in [3.63, 3.8) is 0 Å². The Kier molecular flexibility index (Phi) is 5.28. The number of benzene rings is 2. The van der Waals surface area contributed by atoms with Crippen LogP contribution < -0.4 is 10.6 Å². The van der Waals surface area contributed by atoms with Crippen LogP contribution in [-0.2, 0) is 14.3 Å². The van der Waals surface area contributed by atoms with Crippen LogP contribution in [0, 0.1) is 11.8 Å². The summed E-state index contributed by atoms with van der Waals surface area (Å²) in [7, 11) is 1.31. The summed E-state index contributed by atoms with van der Waals surface area (Å²) in [5, 5.41) is 7.70. The van der Waals surface area contributed by atoms with Gasteiger partial charge in [-0.1, -0.05) is 48.3 Å². The molecule has 0 bridgehead atoms. The number of rotatable bonds is 2. The molecule has 2 aromatic rings. The highest BCUT2D eigenvalue weighted by Gasteiger charge is 2.44. The van der Waals surface area contributed by atoms with Crippen molar-refractivity contribution in [3.8, 4) is 0 Å². The molecule has 0 saturated carbocycles. The third-order valence-corrected chi connectivity index (χ3v) is 6.24. The minimum atomic E-state index is -0.839. The fourth-order valence-corrected chi connectivity index (χ4v) is 4.38. The van der Waals surface area contributed by atoms with Crippen molar-refractivity contribution in [3.05, 3.63) is 69.3 Å². The average Bonchev–Trinajstić information content (AvgIpc) is 2.86. The zero-order chi connectivity index (χ0) is 20.7. The van der Waals surface area contributed by atoms with Gasteiger partial charge in [-0.25, -0.2) is 0 Å². The third kappa shape index (κ3) is 3.49. The zero-order valence-electron chi connectivity index (χ0n) is 16.0. The summed E-state index contributed by atoms with van der Waals surface area (Å²) in [5.41, 5.74) is 3.84. The molecule has 150 valence electrons. The molecule has 0 aromatic heterocycles. The van der Waals surface area contributed by atoms with Crippen molar-refractivity contribution in [1.29, 1.82) is 0 Å². The van der Waals surface area contributed by atoms with Gasteiger partial charge in [0, 0.05) is 11.3 Å². The smallest absolute Gasteiger partial charge is 0.316 e. The van der Waals surface area contributed by atoms with Crippen LogP contribution in [0.4, 0.5) is 11.4 Å². The Hall–Kier alpha value is -2.50. The predicted molar refractivity (Wildman–Crippen MR) is 114 cm³/mol. The third-order valence-electron chi connectivity index (χ3n) is 5.50. The minimum absolute atomic E-state index is 0.180. The molecular weight excluding hydrogens is 411 g/mol. The number of halogens is 2. The standard InChI is InChI=1S/C22H20Cl2N2O3/c1-11-9-17-19(21(27)18(11)22(28)29-2)20(12-7-8-13(23)14(24)10-12)26-16-6-4-3-5-15(16)25-17/h3-8,10-11,18,20,25-26H,9H2,1-2H3/t11-,18+,20+/m1/s1. The van der Waals surface area contributed by atoms with E-state index < -0.39 is 17.9 Å². The van der Waals surface area contributed by atoms with Crippen LogP contribution in [0.1, 0.15) is 24.9 Å². The summed E-state index contributed by atoms with van der Waals surface area (Å²) in [4.78, 5) is 25.9. The number of carbonyl (C=O) groups is 2. The molecule has 5 nitrogen and oxygen atoms in total. The van der Waals surface area contributed by atoms with Crippen molar-refractivity contribution in [1.82, 2.24) is 0 Å². The maximum Gasteiger partial charge on any atom is 0.316 e. The number of carbonyl (C=O) groups excluding carboxylic acids is 2. The molecule has 2 N–H and O–H groups in total. The molecule has 1 heterocycles. The maximum atomic E-state index is 13.5. The Balaban J connectivity index is 1.89. The molecule has 3 atom stereocenters. The van der Waals surface area contributed by atoms with Gasteiger partial charge < -0.3 is 15.4 Å². The number of anilines is 2. The number of hydrogen-bond acceptors (Lipinski definition) is 5. The lowest BCUT2D eigenvalue weighted by Gasteiger charge is -2.32. The summed E-state index contributed by atoms with van der Waals surface area (Å²) in [5.74, 6) is -1.77. The monoisotopic (exact) mass is 430 g/mol. The van der Waals surface area contributed by atoms with Crippen LogP contribution in [0.25, 0.3) is 0 Å². The topological polar surface area (TPSA) is 67.4 Å². The molecule has 0 radical (unpaired) electrons. The maximum absolute atomic E-state index is 13.5. The molecule has 2 aliphatic rings. The summed E-state index contributed by atoms with van der Waals surface area (Å²) in [6, 6.07) is 12.6. The molecule has 0 saturated heterocycles. The molecular formula is C22H20Cl2N2O3. The fraction of sp³-hybridized carbons (Fsp3) is 0.273. The molecule has 1 aliphatic heterocycles. The number of para-hydroxylation sites is 2. The van der Waals surface area contributed by atoms with Crippen molar-refractivity contribution in [2.24, 2.45) is 11.8 Å². The SMILES string of the molecule is COC(=O)[C@@H]1C(=O)C2=C(C[C@H]1C)Nc1ccccc1N[C@H]2c1ccc(Cl)c(Cl)c1. The number of esters is 1. The summed E-state index contributed by atoms with van der Waals surface area (Å²) in [6.07, 6.45) is 0.550.